The predicted octanol–water partition coefficient (Wildman–Crippen LogP) is -3.22. The molecule has 1 fully saturated rings. The Bertz CT molecular complexity index is 62.1. The first-order chi connectivity index (χ1) is 3.93. The molecule has 0 amide bonds. The van der Waals surface area contributed by atoms with Crippen LogP contribution in [0.5, 0.6) is 0 Å². The maximum absolute atomic E-state index is 10.2. The molecule has 0 unspecified atom stereocenters. The van der Waals surface area contributed by atoms with E-state index in [2.05, 4.69) is 0 Å². The maximum Gasteiger partial charge on any atom is 1.00 e. The van der Waals surface area contributed by atoms with Gasteiger partial charge >= 0.3 is 51.4 Å². The van der Waals surface area contributed by atoms with Crippen LogP contribution in [0.25, 0.3) is 0 Å². The summed E-state index contributed by atoms with van der Waals surface area (Å²) in [5.41, 5.74) is 0. The van der Waals surface area contributed by atoms with Crippen LogP contribution in [0.15, 0.2) is 0 Å². The van der Waals surface area contributed by atoms with Crippen molar-refractivity contribution in [1.82, 2.24) is 0 Å². The summed E-state index contributed by atoms with van der Waals surface area (Å²) in [7, 11) is 0. The SMILES string of the molecule is [K+].[O-]CC1CCOCC1. The van der Waals surface area contributed by atoms with Crippen molar-refractivity contribution in [1.29, 1.82) is 0 Å². The monoisotopic (exact) mass is 154 g/mol. The molecule has 0 aromatic carbocycles. The van der Waals surface area contributed by atoms with Crippen LogP contribution < -0.4 is 56.5 Å². The molecule has 0 aromatic heterocycles. The van der Waals surface area contributed by atoms with Gasteiger partial charge in [-0.05, 0) is 12.8 Å². The Balaban J connectivity index is 0.000000640. The number of rotatable bonds is 1. The van der Waals surface area contributed by atoms with Crippen LogP contribution in [0.2, 0.25) is 0 Å². The van der Waals surface area contributed by atoms with Gasteiger partial charge in [0.1, 0.15) is 0 Å². The average Bonchev–Trinajstić information content (AvgIpc) is 1.90. The zero-order valence-electron chi connectivity index (χ0n) is 5.93. The van der Waals surface area contributed by atoms with Crippen molar-refractivity contribution in [3.8, 4) is 0 Å². The van der Waals surface area contributed by atoms with Crippen molar-refractivity contribution >= 4 is 0 Å². The Morgan fingerprint density at radius 2 is 1.89 bits per heavy atom. The van der Waals surface area contributed by atoms with Gasteiger partial charge < -0.3 is 9.84 Å². The summed E-state index contributed by atoms with van der Waals surface area (Å²) in [6.07, 6.45) is 1.95. The summed E-state index contributed by atoms with van der Waals surface area (Å²) in [6.45, 7) is 1.68. The fourth-order valence-electron chi connectivity index (χ4n) is 0.913. The third-order valence-corrected chi connectivity index (χ3v) is 1.58. The van der Waals surface area contributed by atoms with Gasteiger partial charge in [-0.15, -0.1) is 6.61 Å². The molecule has 48 valence electrons. The maximum atomic E-state index is 10.2. The van der Waals surface area contributed by atoms with E-state index in [9.17, 15) is 5.11 Å². The molecule has 0 saturated carbocycles. The Kier molecular flexibility index (Phi) is 7.36. The van der Waals surface area contributed by atoms with E-state index in [1.165, 1.54) is 0 Å². The topological polar surface area (TPSA) is 32.3 Å². The molecule has 1 rings (SSSR count). The van der Waals surface area contributed by atoms with Crippen LogP contribution in [0.3, 0.4) is 0 Å². The molecule has 0 bridgehead atoms. The second kappa shape index (κ2) is 6.28. The molecule has 0 atom stereocenters. The fourth-order valence-corrected chi connectivity index (χ4v) is 0.913. The minimum atomic E-state index is 0. The molecule has 0 aliphatic carbocycles. The third-order valence-electron chi connectivity index (χ3n) is 1.58. The summed E-state index contributed by atoms with van der Waals surface area (Å²) in [5.74, 6) is 0.406. The summed E-state index contributed by atoms with van der Waals surface area (Å²) in [5, 5.41) is 10.2. The first kappa shape index (κ1) is 10.6. The molecule has 1 aliphatic heterocycles. The van der Waals surface area contributed by atoms with E-state index in [-0.39, 0.29) is 58.0 Å². The van der Waals surface area contributed by atoms with E-state index >= 15 is 0 Å². The number of ether oxygens (including phenoxy) is 1. The van der Waals surface area contributed by atoms with Crippen LogP contribution >= 0.6 is 0 Å². The standard InChI is InChI=1S/C6H11O2.K/c7-5-6-1-3-8-4-2-6;/h6H,1-5H2;/q-1;+1. The summed E-state index contributed by atoms with van der Waals surface area (Å²) in [6, 6.07) is 0. The van der Waals surface area contributed by atoms with E-state index < -0.39 is 0 Å². The van der Waals surface area contributed by atoms with Crippen LogP contribution in [-0.4, -0.2) is 19.8 Å². The van der Waals surface area contributed by atoms with Crippen molar-refractivity contribution < 1.29 is 61.2 Å². The van der Waals surface area contributed by atoms with E-state index in [4.69, 9.17) is 4.74 Å². The summed E-state index contributed by atoms with van der Waals surface area (Å²) >= 11 is 0. The minimum Gasteiger partial charge on any atom is -0.854 e. The number of hydrogen-bond acceptors (Lipinski definition) is 2. The normalized spacial score (nSPS) is 21.0. The number of hydrogen-bond donors (Lipinski definition) is 0. The predicted molar refractivity (Wildman–Crippen MR) is 28.4 cm³/mol. The molecule has 0 radical (unpaired) electrons. The second-order valence-corrected chi connectivity index (χ2v) is 2.22. The largest absolute Gasteiger partial charge is 1.00 e. The van der Waals surface area contributed by atoms with Gasteiger partial charge in [-0.3, -0.25) is 0 Å². The van der Waals surface area contributed by atoms with Crippen LogP contribution in [0.4, 0.5) is 0 Å². The second-order valence-electron chi connectivity index (χ2n) is 2.22. The quantitative estimate of drug-likeness (QED) is 0.372. The molecule has 1 aliphatic rings. The summed E-state index contributed by atoms with van der Waals surface area (Å²) < 4.78 is 5.06. The Hall–Kier alpha value is 1.56. The van der Waals surface area contributed by atoms with Gasteiger partial charge in [-0.1, -0.05) is 5.92 Å². The molecule has 2 nitrogen and oxygen atoms in total. The Morgan fingerprint density at radius 3 is 2.22 bits per heavy atom. The molecule has 9 heavy (non-hydrogen) atoms. The molecule has 0 N–H and O–H groups in total. The van der Waals surface area contributed by atoms with Gasteiger partial charge in [0, 0.05) is 13.2 Å². The molecule has 0 spiro atoms. The first-order valence-corrected chi connectivity index (χ1v) is 3.09. The van der Waals surface area contributed by atoms with Crippen LogP contribution in [0, 0.1) is 5.92 Å². The third kappa shape index (κ3) is 4.09. The smallest absolute Gasteiger partial charge is 0.854 e. The fraction of sp³-hybridized carbons (Fsp3) is 1.00. The summed E-state index contributed by atoms with van der Waals surface area (Å²) in [4.78, 5) is 0. The van der Waals surface area contributed by atoms with Gasteiger partial charge in [-0.2, -0.15) is 0 Å². The van der Waals surface area contributed by atoms with E-state index in [1.54, 1.807) is 0 Å². The van der Waals surface area contributed by atoms with Crippen LogP contribution in [-0.2, 0) is 4.74 Å². The van der Waals surface area contributed by atoms with Crippen molar-refractivity contribution in [3.63, 3.8) is 0 Å². The molecular weight excluding hydrogens is 143 g/mol. The van der Waals surface area contributed by atoms with Gasteiger partial charge in [0.2, 0.25) is 0 Å². The van der Waals surface area contributed by atoms with Crippen molar-refractivity contribution in [3.05, 3.63) is 0 Å². The average molecular weight is 154 g/mol. The zero-order valence-corrected chi connectivity index (χ0v) is 9.05. The Labute approximate surface area is 98.4 Å². The molecule has 1 saturated heterocycles. The zero-order chi connectivity index (χ0) is 5.82. The molecular formula is C6H11KO2. The van der Waals surface area contributed by atoms with Crippen LogP contribution in [0.1, 0.15) is 12.8 Å². The molecule has 3 heteroatoms. The van der Waals surface area contributed by atoms with E-state index in [0.717, 1.165) is 26.1 Å². The van der Waals surface area contributed by atoms with Gasteiger partial charge in [0.15, 0.2) is 0 Å². The van der Waals surface area contributed by atoms with E-state index in [1.807, 2.05) is 0 Å². The van der Waals surface area contributed by atoms with Crippen molar-refractivity contribution in [2.45, 2.75) is 12.8 Å². The molecule has 0 aromatic rings. The minimum absolute atomic E-state index is 0. The first-order valence-electron chi connectivity index (χ1n) is 3.09. The molecule has 1 heterocycles. The van der Waals surface area contributed by atoms with Crippen molar-refractivity contribution in [2.24, 2.45) is 5.92 Å². The Morgan fingerprint density at radius 1 is 1.33 bits per heavy atom. The van der Waals surface area contributed by atoms with Crippen molar-refractivity contribution in [2.75, 3.05) is 19.8 Å². The van der Waals surface area contributed by atoms with Gasteiger partial charge in [0.05, 0.1) is 0 Å². The van der Waals surface area contributed by atoms with Gasteiger partial charge in [-0.25, -0.2) is 0 Å². The van der Waals surface area contributed by atoms with E-state index in [0.29, 0.717) is 5.92 Å². The van der Waals surface area contributed by atoms with Gasteiger partial charge in [0.25, 0.3) is 0 Å².